The van der Waals surface area contributed by atoms with Crippen molar-refractivity contribution in [3.8, 4) is 17.2 Å². The molecule has 1 aromatic carbocycles. The first-order chi connectivity index (χ1) is 9.44. The molecule has 0 fully saturated rings. The lowest BCUT2D eigenvalue weighted by Gasteiger charge is -2.18. The normalized spacial score (nSPS) is 11.9. The van der Waals surface area contributed by atoms with Gasteiger partial charge in [-0.1, -0.05) is 13.8 Å². The molecule has 1 N–H and O–H groups in total. The number of ether oxygens (including phenoxy) is 3. The van der Waals surface area contributed by atoms with Gasteiger partial charge in [0.2, 0.25) is 5.75 Å². The molecule has 0 unspecified atom stereocenters. The molecule has 5 nitrogen and oxygen atoms in total. The van der Waals surface area contributed by atoms with Crippen LogP contribution in [0.5, 0.6) is 17.2 Å². The second-order valence-electron chi connectivity index (χ2n) is 4.92. The Kier molecular flexibility index (Phi) is 5.67. The number of hydrogen-bond acceptors (Lipinski definition) is 4. The summed E-state index contributed by atoms with van der Waals surface area (Å²) >= 11 is 0. The van der Waals surface area contributed by atoms with E-state index in [-0.39, 0.29) is 11.9 Å². The van der Waals surface area contributed by atoms with Gasteiger partial charge in [-0.2, -0.15) is 0 Å². The lowest BCUT2D eigenvalue weighted by Crippen LogP contribution is -2.36. The molecule has 0 aliphatic carbocycles. The molecule has 0 radical (unpaired) electrons. The third-order valence-corrected chi connectivity index (χ3v) is 3.29. The summed E-state index contributed by atoms with van der Waals surface area (Å²) in [7, 11) is 4.58. The maximum Gasteiger partial charge on any atom is 0.251 e. The molecule has 0 bridgehead atoms. The number of hydrogen-bond donors (Lipinski definition) is 1. The van der Waals surface area contributed by atoms with Crippen molar-refractivity contribution in [1.82, 2.24) is 5.32 Å². The molecule has 0 spiro atoms. The van der Waals surface area contributed by atoms with Gasteiger partial charge in [0.25, 0.3) is 5.91 Å². The second kappa shape index (κ2) is 7.03. The fraction of sp³-hybridized carbons (Fsp3) is 0.533. The van der Waals surface area contributed by atoms with E-state index in [0.717, 1.165) is 0 Å². The predicted molar refractivity (Wildman–Crippen MR) is 77.9 cm³/mol. The highest BCUT2D eigenvalue weighted by atomic mass is 16.5. The Balaban J connectivity index is 3.09. The van der Waals surface area contributed by atoms with Crippen molar-refractivity contribution >= 4 is 5.91 Å². The number of amides is 1. The molecule has 0 heterocycles. The summed E-state index contributed by atoms with van der Waals surface area (Å²) in [5, 5.41) is 2.94. The fourth-order valence-corrected chi connectivity index (χ4v) is 1.67. The number of carbonyl (C=O) groups is 1. The van der Waals surface area contributed by atoms with Crippen molar-refractivity contribution in [2.75, 3.05) is 21.3 Å². The van der Waals surface area contributed by atoms with Crippen LogP contribution in [0.4, 0.5) is 0 Å². The van der Waals surface area contributed by atoms with Gasteiger partial charge in [-0.05, 0) is 25.0 Å². The SMILES string of the molecule is COc1cc(C(=O)N[C@H](C)C(C)C)cc(OC)c1OC. The van der Waals surface area contributed by atoms with Gasteiger partial charge < -0.3 is 19.5 Å². The molecule has 5 heteroatoms. The van der Waals surface area contributed by atoms with Gasteiger partial charge in [-0.3, -0.25) is 4.79 Å². The maximum absolute atomic E-state index is 12.2. The van der Waals surface area contributed by atoms with E-state index in [0.29, 0.717) is 28.7 Å². The standard InChI is InChI=1S/C15H23NO4/c1-9(2)10(3)16-15(17)11-7-12(18-4)14(20-6)13(8-11)19-5/h7-10H,1-6H3,(H,16,17)/t10-/m1/s1. The van der Waals surface area contributed by atoms with E-state index >= 15 is 0 Å². The van der Waals surface area contributed by atoms with Crippen LogP contribution >= 0.6 is 0 Å². The second-order valence-corrected chi connectivity index (χ2v) is 4.92. The lowest BCUT2D eigenvalue weighted by molar-refractivity contribution is 0.0929. The molecule has 0 aromatic heterocycles. The highest BCUT2D eigenvalue weighted by molar-refractivity contribution is 5.95. The molecule has 1 aromatic rings. The van der Waals surface area contributed by atoms with Gasteiger partial charge in [0.05, 0.1) is 21.3 Å². The van der Waals surface area contributed by atoms with E-state index < -0.39 is 0 Å². The minimum absolute atomic E-state index is 0.0848. The summed E-state index contributed by atoms with van der Waals surface area (Å²) < 4.78 is 15.7. The zero-order valence-electron chi connectivity index (χ0n) is 12.9. The van der Waals surface area contributed by atoms with Crippen molar-refractivity contribution in [2.24, 2.45) is 5.92 Å². The topological polar surface area (TPSA) is 56.8 Å². The van der Waals surface area contributed by atoms with E-state index in [1.54, 1.807) is 12.1 Å². The first-order valence-electron chi connectivity index (χ1n) is 6.55. The van der Waals surface area contributed by atoms with Gasteiger partial charge in [-0.15, -0.1) is 0 Å². The third-order valence-electron chi connectivity index (χ3n) is 3.29. The zero-order valence-corrected chi connectivity index (χ0v) is 12.9. The monoisotopic (exact) mass is 281 g/mol. The molecule has 1 amide bonds. The van der Waals surface area contributed by atoms with Gasteiger partial charge in [0.1, 0.15) is 0 Å². The minimum Gasteiger partial charge on any atom is -0.493 e. The quantitative estimate of drug-likeness (QED) is 0.870. The summed E-state index contributed by atoms with van der Waals surface area (Å²) in [5.41, 5.74) is 0.479. The molecule has 1 atom stereocenters. The van der Waals surface area contributed by atoms with E-state index in [2.05, 4.69) is 19.2 Å². The van der Waals surface area contributed by atoms with E-state index in [9.17, 15) is 4.79 Å². The lowest BCUT2D eigenvalue weighted by atomic mass is 10.1. The fourth-order valence-electron chi connectivity index (χ4n) is 1.67. The summed E-state index contributed by atoms with van der Waals surface area (Å²) in [4.78, 5) is 12.2. The van der Waals surface area contributed by atoms with Crippen LogP contribution in [-0.4, -0.2) is 33.3 Å². The smallest absolute Gasteiger partial charge is 0.251 e. The number of carbonyl (C=O) groups excluding carboxylic acids is 1. The Morgan fingerprint density at radius 2 is 1.50 bits per heavy atom. The van der Waals surface area contributed by atoms with Crippen LogP contribution in [0.3, 0.4) is 0 Å². The Labute approximate surface area is 120 Å². The van der Waals surface area contributed by atoms with Crippen LogP contribution in [0.2, 0.25) is 0 Å². The number of nitrogens with one attached hydrogen (secondary N) is 1. The minimum atomic E-state index is -0.162. The van der Waals surface area contributed by atoms with E-state index in [4.69, 9.17) is 14.2 Å². The molecule has 0 saturated heterocycles. The summed E-state index contributed by atoms with van der Waals surface area (Å²) in [6.07, 6.45) is 0. The molecular weight excluding hydrogens is 258 g/mol. The van der Waals surface area contributed by atoms with Gasteiger partial charge in [-0.25, -0.2) is 0 Å². The Hall–Kier alpha value is -1.91. The number of methoxy groups -OCH3 is 3. The zero-order chi connectivity index (χ0) is 15.3. The Morgan fingerprint density at radius 1 is 1.00 bits per heavy atom. The molecular formula is C15H23NO4. The average Bonchev–Trinajstić information content (AvgIpc) is 2.45. The first kappa shape index (κ1) is 16.1. The van der Waals surface area contributed by atoms with Crippen molar-refractivity contribution in [2.45, 2.75) is 26.8 Å². The molecule has 0 aliphatic rings. The predicted octanol–water partition coefficient (Wildman–Crippen LogP) is 2.49. The van der Waals surface area contributed by atoms with Crippen molar-refractivity contribution in [1.29, 1.82) is 0 Å². The Bertz CT molecular complexity index is 446. The Morgan fingerprint density at radius 3 is 1.85 bits per heavy atom. The maximum atomic E-state index is 12.2. The molecule has 1 rings (SSSR count). The van der Waals surface area contributed by atoms with Crippen LogP contribution in [0, 0.1) is 5.92 Å². The van der Waals surface area contributed by atoms with Crippen LogP contribution in [0.25, 0.3) is 0 Å². The highest BCUT2D eigenvalue weighted by Crippen LogP contribution is 2.38. The average molecular weight is 281 g/mol. The van der Waals surface area contributed by atoms with E-state index in [1.165, 1.54) is 21.3 Å². The van der Waals surface area contributed by atoms with Crippen molar-refractivity contribution < 1.29 is 19.0 Å². The molecule has 0 aliphatic heterocycles. The molecule has 112 valence electrons. The van der Waals surface area contributed by atoms with Gasteiger partial charge >= 0.3 is 0 Å². The third kappa shape index (κ3) is 3.56. The van der Waals surface area contributed by atoms with Crippen molar-refractivity contribution in [3.05, 3.63) is 17.7 Å². The van der Waals surface area contributed by atoms with Crippen LogP contribution < -0.4 is 19.5 Å². The van der Waals surface area contributed by atoms with Crippen molar-refractivity contribution in [3.63, 3.8) is 0 Å². The van der Waals surface area contributed by atoms with E-state index in [1.807, 2.05) is 6.92 Å². The molecule has 20 heavy (non-hydrogen) atoms. The van der Waals surface area contributed by atoms with Gasteiger partial charge in [0, 0.05) is 11.6 Å². The number of benzene rings is 1. The van der Waals surface area contributed by atoms with Gasteiger partial charge in [0.15, 0.2) is 11.5 Å². The highest BCUT2D eigenvalue weighted by Gasteiger charge is 2.18. The summed E-state index contributed by atoms with van der Waals surface area (Å²) in [5.74, 6) is 1.61. The largest absolute Gasteiger partial charge is 0.493 e. The summed E-state index contributed by atoms with van der Waals surface area (Å²) in [6.45, 7) is 6.08. The summed E-state index contributed by atoms with van der Waals surface area (Å²) in [6, 6.07) is 3.37. The first-order valence-corrected chi connectivity index (χ1v) is 6.55. The van der Waals surface area contributed by atoms with Crippen LogP contribution in [-0.2, 0) is 0 Å². The number of rotatable bonds is 6. The molecule has 0 saturated carbocycles. The van der Waals surface area contributed by atoms with Crippen LogP contribution in [0.15, 0.2) is 12.1 Å². The van der Waals surface area contributed by atoms with Crippen LogP contribution in [0.1, 0.15) is 31.1 Å².